The number of hydrogen-bond donors (Lipinski definition) is 1. The molecule has 22 nitrogen and oxygen atoms in total. The zero-order valence-corrected chi connectivity index (χ0v) is 47.1. The van der Waals surface area contributed by atoms with Crippen molar-refractivity contribution in [1.29, 1.82) is 10.5 Å². The number of methoxy groups -OCH3 is 1. The number of aryl methyl sites for hydroxylation is 2. The molecule has 2 aromatic heterocycles. The lowest BCUT2D eigenvalue weighted by molar-refractivity contribution is 0.0147. The van der Waals surface area contributed by atoms with Crippen LogP contribution in [0.3, 0.4) is 0 Å². The highest BCUT2D eigenvalue weighted by Crippen LogP contribution is 2.43. The topological polar surface area (TPSA) is 265 Å². The van der Waals surface area contributed by atoms with Gasteiger partial charge >= 0.3 is 17.9 Å². The predicted octanol–water partition coefficient (Wildman–Crippen LogP) is 11.1. The quantitative estimate of drug-likeness (QED) is 0.0108. The Kier molecular flexibility index (Phi) is 25.0. The summed E-state index contributed by atoms with van der Waals surface area (Å²) in [4.78, 5) is 63.4. The number of hydrogen-bond acceptors (Lipinski definition) is 22. The Bertz CT molecular complexity index is 3040. The molecule has 0 saturated heterocycles. The minimum Gasteiger partial charge on any atom is -0.465 e. The molecule has 0 aliphatic rings. The molecule has 3 aromatic carbocycles. The van der Waals surface area contributed by atoms with Crippen molar-refractivity contribution in [3.8, 4) is 12.1 Å². The molecule has 0 amide bonds. The number of carbonyl (C=O) groups excluding carboxylic acids is 4. The van der Waals surface area contributed by atoms with E-state index in [4.69, 9.17) is 46.3 Å². The fourth-order valence-electron chi connectivity index (χ4n) is 7.69. The van der Waals surface area contributed by atoms with Gasteiger partial charge in [-0.05, 0) is 112 Å². The second kappa shape index (κ2) is 31.9. The SMILES string of the molecule is [C-]#[N+]c1sc(N=Nc2ccc(N(CC)CCOCCOCCOC(=O)c3cc(C(=O)OC)c(C(=O)OCCOCCOCCN(CC)c4ccc(N=Nc5sc([N+]#[C-])c(C)c5C#N)c(C)c4)cc3C(=O)CO)cc2C)c(C#N)c1C. The smallest absolute Gasteiger partial charge is 0.339 e. The highest BCUT2D eigenvalue weighted by Gasteiger charge is 2.28. The van der Waals surface area contributed by atoms with Gasteiger partial charge in [0.2, 0.25) is 10.0 Å². The Morgan fingerprint density at radius 1 is 0.575 bits per heavy atom. The third-order valence-corrected chi connectivity index (χ3v) is 14.2. The van der Waals surface area contributed by atoms with Crippen molar-refractivity contribution >= 4 is 89.1 Å². The van der Waals surface area contributed by atoms with Gasteiger partial charge in [-0.3, -0.25) is 4.79 Å². The third-order valence-electron chi connectivity index (χ3n) is 12.1. The summed E-state index contributed by atoms with van der Waals surface area (Å²) in [7, 11) is 1.08. The van der Waals surface area contributed by atoms with Gasteiger partial charge in [-0.2, -0.15) is 10.5 Å². The average molecular weight is 1130 g/mol. The van der Waals surface area contributed by atoms with Crippen molar-refractivity contribution in [2.75, 3.05) is 116 Å². The van der Waals surface area contributed by atoms with Crippen LogP contribution in [0.25, 0.3) is 9.69 Å². The van der Waals surface area contributed by atoms with Crippen LogP contribution in [0.4, 0.5) is 42.8 Å². The number of likely N-dealkylation sites (N-methyl/N-ethyl adjacent to an activating group) is 2. The molecule has 0 fully saturated rings. The fourth-order valence-corrected chi connectivity index (χ4v) is 9.43. The first-order valence-corrected chi connectivity index (χ1v) is 26.7. The summed E-state index contributed by atoms with van der Waals surface area (Å²) in [6.45, 7) is 28.6. The molecular weight excluding hydrogens is 1070 g/mol. The molecule has 0 saturated carbocycles. The van der Waals surface area contributed by atoms with E-state index in [-0.39, 0.29) is 75.1 Å². The van der Waals surface area contributed by atoms with E-state index in [1.54, 1.807) is 13.8 Å². The number of carbonyl (C=O) groups is 4. The van der Waals surface area contributed by atoms with Crippen molar-refractivity contribution in [2.24, 2.45) is 20.5 Å². The first kappa shape index (κ1) is 62.5. The van der Waals surface area contributed by atoms with Crippen molar-refractivity contribution in [3.63, 3.8) is 0 Å². The van der Waals surface area contributed by atoms with Gasteiger partial charge in [-0.25, -0.2) is 24.1 Å². The van der Waals surface area contributed by atoms with E-state index in [0.29, 0.717) is 93.0 Å². The molecule has 5 aromatic rings. The van der Waals surface area contributed by atoms with Gasteiger partial charge < -0.3 is 48.1 Å². The maximum absolute atomic E-state index is 13.3. The number of esters is 3. The van der Waals surface area contributed by atoms with Crippen molar-refractivity contribution in [3.05, 3.63) is 127 Å². The van der Waals surface area contributed by atoms with E-state index in [1.165, 1.54) is 0 Å². The second-order valence-electron chi connectivity index (χ2n) is 17.1. The Morgan fingerprint density at radius 3 is 1.34 bits per heavy atom. The minimum absolute atomic E-state index is 0.0287. The Balaban J connectivity index is 1.01. The van der Waals surface area contributed by atoms with Crippen LogP contribution in [-0.2, 0) is 33.2 Å². The van der Waals surface area contributed by atoms with Crippen LogP contribution < -0.4 is 9.80 Å². The molecule has 0 spiro atoms. The summed E-state index contributed by atoms with van der Waals surface area (Å²) in [5.41, 5.74) is 5.33. The number of aliphatic hydroxyl groups excluding tert-OH is 1. The third kappa shape index (κ3) is 16.9. The molecule has 24 heteroatoms. The molecule has 5 rings (SSSR count). The number of nitriles is 2. The number of azo groups is 2. The van der Waals surface area contributed by atoms with Gasteiger partial charge in [0.1, 0.15) is 42.0 Å². The summed E-state index contributed by atoms with van der Waals surface area (Å²) < 4.78 is 38.2. The Hall–Kier alpha value is -8.30. The fraction of sp³-hybridized carbons (Fsp3) is 0.393. The molecule has 0 radical (unpaired) electrons. The van der Waals surface area contributed by atoms with Gasteiger partial charge in [-0.15, -0.1) is 43.1 Å². The highest BCUT2D eigenvalue weighted by molar-refractivity contribution is 7.20. The average Bonchev–Trinajstić information content (AvgIpc) is 3.96. The number of ketones is 1. The van der Waals surface area contributed by atoms with E-state index in [1.807, 2.05) is 64.1 Å². The number of anilines is 2. The number of rotatable bonds is 31. The molecule has 1 N–H and O–H groups in total. The zero-order valence-electron chi connectivity index (χ0n) is 45.5. The molecule has 0 aliphatic heterocycles. The van der Waals surface area contributed by atoms with E-state index in [2.05, 4.69) is 52.1 Å². The van der Waals surface area contributed by atoms with Crippen LogP contribution in [-0.4, -0.2) is 135 Å². The number of Topliss-reactive ketones (excluding diaryl/α,β-unsaturated/α-hetero) is 1. The highest BCUT2D eigenvalue weighted by atomic mass is 32.1. The second-order valence-corrected chi connectivity index (χ2v) is 19.1. The lowest BCUT2D eigenvalue weighted by atomic mass is 9.95. The lowest BCUT2D eigenvalue weighted by Gasteiger charge is -2.23. The molecular formula is C56H60N10O12S2. The maximum atomic E-state index is 13.3. The number of benzene rings is 3. The summed E-state index contributed by atoms with van der Waals surface area (Å²) in [6, 6.07) is 17.7. The molecule has 80 heavy (non-hydrogen) atoms. The monoisotopic (exact) mass is 1130 g/mol. The largest absolute Gasteiger partial charge is 0.465 e. The summed E-state index contributed by atoms with van der Waals surface area (Å²) in [6.07, 6.45) is 0. The first-order valence-electron chi connectivity index (χ1n) is 25.1. The normalized spacial score (nSPS) is 11.0. The van der Waals surface area contributed by atoms with Crippen LogP contribution in [0.2, 0.25) is 0 Å². The van der Waals surface area contributed by atoms with Gasteiger partial charge in [0.25, 0.3) is 0 Å². The maximum Gasteiger partial charge on any atom is 0.339 e. The summed E-state index contributed by atoms with van der Waals surface area (Å²) in [5.74, 6) is -3.93. The lowest BCUT2D eigenvalue weighted by Crippen LogP contribution is -2.27. The molecule has 0 bridgehead atoms. The minimum atomic E-state index is -1.01. The molecule has 0 atom stereocenters. The van der Waals surface area contributed by atoms with Crippen LogP contribution in [0.1, 0.15) is 88.7 Å². The van der Waals surface area contributed by atoms with Crippen molar-refractivity contribution < 1.29 is 57.4 Å². The standard InChI is InChI=1S/C56H60N10O12S2/c1-10-65(39-12-14-47(35(3)28-39)61-63-52-45(32-57)37(5)50(59-7)79-52)16-18-73-20-22-75-24-26-77-55(70)42-31-43(54(69)72-9)44(30-41(42)49(68)34-67)56(71)78-27-25-76-23-21-74-19-17-66(11-2)40-13-15-48(36(4)29-40)62-64-53-46(33-58)38(6)51(60-8)80-53/h12-15,28-31,67H,10-11,16-27,34H2,1-6,9H3. The van der Waals surface area contributed by atoms with Crippen molar-refractivity contribution in [1.82, 2.24) is 0 Å². The van der Waals surface area contributed by atoms with E-state index >= 15 is 0 Å². The Labute approximate surface area is 472 Å². The molecule has 0 unspecified atom stereocenters. The van der Waals surface area contributed by atoms with Crippen LogP contribution >= 0.6 is 22.7 Å². The van der Waals surface area contributed by atoms with Crippen LogP contribution in [0, 0.1) is 63.5 Å². The van der Waals surface area contributed by atoms with E-state index in [9.17, 15) is 34.8 Å². The number of ether oxygens (including phenoxy) is 7. The first-order chi connectivity index (χ1) is 38.7. The van der Waals surface area contributed by atoms with Gasteiger partial charge in [0.05, 0.1) is 112 Å². The van der Waals surface area contributed by atoms with Crippen LogP contribution in [0.5, 0.6) is 0 Å². The van der Waals surface area contributed by atoms with Crippen LogP contribution in [0.15, 0.2) is 69.0 Å². The summed E-state index contributed by atoms with van der Waals surface area (Å²) >= 11 is 2.27. The number of nitrogens with zero attached hydrogens (tertiary/aromatic N) is 10. The van der Waals surface area contributed by atoms with Gasteiger partial charge in [-0.1, -0.05) is 0 Å². The number of aliphatic hydroxyl groups is 1. The zero-order chi connectivity index (χ0) is 58.1. The molecule has 2 heterocycles. The van der Waals surface area contributed by atoms with E-state index in [0.717, 1.165) is 64.4 Å². The Morgan fingerprint density at radius 2 is 0.963 bits per heavy atom. The number of thiophene rings is 2. The van der Waals surface area contributed by atoms with Gasteiger partial charge in [0.15, 0.2) is 5.78 Å². The van der Waals surface area contributed by atoms with Gasteiger partial charge in [0, 0.05) is 43.1 Å². The molecule has 0 aliphatic carbocycles. The van der Waals surface area contributed by atoms with Crippen molar-refractivity contribution in [2.45, 2.75) is 41.5 Å². The van der Waals surface area contributed by atoms with E-state index < -0.39 is 30.3 Å². The summed E-state index contributed by atoms with van der Waals surface area (Å²) in [5, 5.41) is 47.6. The molecule has 418 valence electrons. The predicted molar refractivity (Wildman–Crippen MR) is 300 cm³/mol.